The summed E-state index contributed by atoms with van der Waals surface area (Å²) in [5, 5.41) is 2.34. The predicted octanol–water partition coefficient (Wildman–Crippen LogP) is 3.12. The average Bonchev–Trinajstić information content (AvgIpc) is 3.39. The first-order valence-electron chi connectivity index (χ1n) is 10.4. The van der Waals surface area contributed by atoms with Gasteiger partial charge in [0.1, 0.15) is 5.76 Å². The maximum absolute atomic E-state index is 12.4. The van der Waals surface area contributed by atoms with Crippen molar-refractivity contribution in [2.24, 2.45) is 0 Å². The van der Waals surface area contributed by atoms with E-state index in [0.717, 1.165) is 31.8 Å². The number of benzene rings is 1. The Bertz CT molecular complexity index is 1000. The third kappa shape index (κ3) is 3.62. The Morgan fingerprint density at radius 1 is 1.17 bits per heavy atom. The molecule has 0 bridgehead atoms. The zero-order valence-electron chi connectivity index (χ0n) is 16.7. The fourth-order valence-electron chi connectivity index (χ4n) is 4.75. The fourth-order valence-corrected chi connectivity index (χ4v) is 5.23. The molecule has 1 aromatic carbocycles. The van der Waals surface area contributed by atoms with Gasteiger partial charge in [-0.2, -0.15) is 12.6 Å². The second-order valence-corrected chi connectivity index (χ2v) is 8.68. The highest BCUT2D eigenvalue weighted by atomic mass is 32.1. The van der Waals surface area contributed by atoms with Crippen LogP contribution in [0.4, 0.5) is 0 Å². The maximum atomic E-state index is 12.4. The van der Waals surface area contributed by atoms with Crippen LogP contribution in [0.3, 0.4) is 0 Å². The Morgan fingerprint density at radius 2 is 2.07 bits per heavy atom. The molecule has 0 radical (unpaired) electrons. The third-order valence-electron chi connectivity index (χ3n) is 6.38. The Labute approximate surface area is 181 Å². The Balaban J connectivity index is 1.31. The Morgan fingerprint density at radius 3 is 2.80 bits per heavy atom. The summed E-state index contributed by atoms with van der Waals surface area (Å²) in [6.45, 7) is 3.43. The molecule has 2 unspecified atom stereocenters. The lowest BCUT2D eigenvalue weighted by molar-refractivity contribution is -0.137. The number of piperidine rings is 1. The molecule has 2 amide bonds. The van der Waals surface area contributed by atoms with Gasteiger partial charge in [-0.15, -0.1) is 0 Å². The van der Waals surface area contributed by atoms with Crippen LogP contribution < -0.4 is 5.32 Å². The zero-order valence-corrected chi connectivity index (χ0v) is 17.6. The van der Waals surface area contributed by atoms with Crippen LogP contribution in [0, 0.1) is 0 Å². The smallest absolute Gasteiger partial charge is 0.243 e. The van der Waals surface area contributed by atoms with Crippen molar-refractivity contribution in [2.45, 2.75) is 43.8 Å². The minimum absolute atomic E-state index is 0.129. The van der Waals surface area contributed by atoms with Crippen molar-refractivity contribution in [3.8, 4) is 0 Å². The van der Waals surface area contributed by atoms with Crippen LogP contribution in [-0.4, -0.2) is 40.7 Å². The standard InChI is InChI=1S/C23H25N3O3S/c27-21-7-6-19(22(28)24-21)26-14-18-16(3-1-4-17(18)23(26)30)13-25-10-8-15(9-11-25)20-5-2-12-29-20/h1-5,8,12,19,23,30H,6-7,9-11,13-14H2,(H,24,27,28). The van der Waals surface area contributed by atoms with E-state index in [4.69, 9.17) is 17.0 Å². The van der Waals surface area contributed by atoms with E-state index in [2.05, 4.69) is 39.4 Å². The van der Waals surface area contributed by atoms with E-state index < -0.39 is 0 Å². The quantitative estimate of drug-likeness (QED) is 0.584. The SMILES string of the molecule is O=C1CCC(N2Cc3c(CN4CC=C(c5ccco5)CC4)cccc3C2S)C(=O)N1. The summed E-state index contributed by atoms with van der Waals surface area (Å²) in [6, 6.07) is 10.0. The van der Waals surface area contributed by atoms with Crippen LogP contribution in [0.25, 0.3) is 5.57 Å². The summed E-state index contributed by atoms with van der Waals surface area (Å²) in [6.07, 6.45) is 5.88. The van der Waals surface area contributed by atoms with Crippen LogP contribution in [-0.2, 0) is 22.7 Å². The molecule has 0 saturated carbocycles. The minimum atomic E-state index is -0.306. The number of amides is 2. The first-order chi connectivity index (χ1) is 14.6. The molecule has 2 atom stereocenters. The largest absolute Gasteiger partial charge is 0.465 e. The van der Waals surface area contributed by atoms with Gasteiger partial charge < -0.3 is 4.42 Å². The molecule has 2 aromatic rings. The molecule has 1 aromatic heterocycles. The van der Waals surface area contributed by atoms with Gasteiger partial charge in [-0.25, -0.2) is 0 Å². The van der Waals surface area contributed by atoms with Gasteiger partial charge in [-0.1, -0.05) is 24.3 Å². The van der Waals surface area contributed by atoms with Gasteiger partial charge in [0.05, 0.1) is 17.7 Å². The normalized spacial score (nSPS) is 25.2. The maximum Gasteiger partial charge on any atom is 0.243 e. The molecular weight excluding hydrogens is 398 g/mol. The highest BCUT2D eigenvalue weighted by Crippen LogP contribution is 2.41. The monoisotopic (exact) mass is 423 g/mol. The molecule has 156 valence electrons. The van der Waals surface area contributed by atoms with Crippen LogP contribution in [0.15, 0.2) is 47.1 Å². The molecule has 0 spiro atoms. The lowest BCUT2D eigenvalue weighted by atomic mass is 10.0. The van der Waals surface area contributed by atoms with Crippen molar-refractivity contribution >= 4 is 30.0 Å². The molecule has 1 N–H and O–H groups in total. The van der Waals surface area contributed by atoms with Crippen molar-refractivity contribution in [1.29, 1.82) is 0 Å². The molecule has 1 fully saturated rings. The number of hydrogen-bond acceptors (Lipinski definition) is 6. The lowest BCUT2D eigenvalue weighted by Gasteiger charge is -2.32. The van der Waals surface area contributed by atoms with Gasteiger partial charge in [0.25, 0.3) is 0 Å². The van der Waals surface area contributed by atoms with Crippen molar-refractivity contribution < 1.29 is 14.0 Å². The van der Waals surface area contributed by atoms with Crippen LogP contribution in [0.2, 0.25) is 0 Å². The zero-order chi connectivity index (χ0) is 20.7. The first-order valence-corrected chi connectivity index (χ1v) is 11.0. The molecule has 6 nitrogen and oxygen atoms in total. The number of thiol groups is 1. The third-order valence-corrected chi connectivity index (χ3v) is 6.95. The summed E-state index contributed by atoms with van der Waals surface area (Å²) in [7, 11) is 0. The summed E-state index contributed by atoms with van der Waals surface area (Å²) >= 11 is 4.83. The molecule has 3 aliphatic rings. The van der Waals surface area contributed by atoms with Gasteiger partial charge in [0.2, 0.25) is 11.8 Å². The number of fused-ring (bicyclic) bond motifs is 1. The Hall–Kier alpha value is -2.35. The number of rotatable bonds is 4. The summed E-state index contributed by atoms with van der Waals surface area (Å²) in [5.41, 5.74) is 5.00. The lowest BCUT2D eigenvalue weighted by Crippen LogP contribution is -2.51. The van der Waals surface area contributed by atoms with Crippen LogP contribution >= 0.6 is 12.6 Å². The number of nitrogens with zero attached hydrogens (tertiary/aromatic N) is 2. The van der Waals surface area contributed by atoms with E-state index in [1.165, 1.54) is 22.3 Å². The second-order valence-electron chi connectivity index (χ2n) is 8.19. The van der Waals surface area contributed by atoms with Crippen molar-refractivity contribution in [2.75, 3.05) is 13.1 Å². The molecule has 4 heterocycles. The van der Waals surface area contributed by atoms with Crippen LogP contribution in [0.1, 0.15) is 47.1 Å². The van der Waals surface area contributed by atoms with Gasteiger partial charge in [-0.3, -0.25) is 24.7 Å². The number of imide groups is 1. The molecular formula is C23H25N3O3S. The number of nitrogens with one attached hydrogen (secondary N) is 1. The molecule has 5 rings (SSSR count). The number of furan rings is 1. The van der Waals surface area contributed by atoms with Gasteiger partial charge >= 0.3 is 0 Å². The van der Waals surface area contributed by atoms with Crippen LogP contribution in [0.5, 0.6) is 0 Å². The average molecular weight is 424 g/mol. The van der Waals surface area contributed by atoms with E-state index in [9.17, 15) is 9.59 Å². The van der Waals surface area contributed by atoms with Gasteiger partial charge in [-0.05, 0) is 47.2 Å². The highest BCUT2D eigenvalue weighted by molar-refractivity contribution is 7.80. The number of carbonyl (C=O) groups is 2. The van der Waals surface area contributed by atoms with E-state index >= 15 is 0 Å². The van der Waals surface area contributed by atoms with Gasteiger partial charge in [0.15, 0.2) is 0 Å². The van der Waals surface area contributed by atoms with Gasteiger partial charge in [0, 0.05) is 32.6 Å². The van der Waals surface area contributed by atoms with Crippen molar-refractivity contribution in [3.05, 3.63) is 65.1 Å². The molecule has 3 aliphatic heterocycles. The molecule has 7 heteroatoms. The predicted molar refractivity (Wildman–Crippen MR) is 116 cm³/mol. The summed E-state index contributed by atoms with van der Waals surface area (Å²) < 4.78 is 5.53. The topological polar surface area (TPSA) is 65.8 Å². The second kappa shape index (κ2) is 8.06. The van der Waals surface area contributed by atoms with E-state index in [0.29, 0.717) is 19.4 Å². The highest BCUT2D eigenvalue weighted by Gasteiger charge is 2.39. The Kier molecular flexibility index (Phi) is 5.26. The molecule has 30 heavy (non-hydrogen) atoms. The minimum Gasteiger partial charge on any atom is -0.465 e. The number of hydrogen-bond donors (Lipinski definition) is 2. The van der Waals surface area contributed by atoms with E-state index in [1.54, 1.807) is 6.26 Å². The number of carbonyl (C=O) groups excluding carboxylic acids is 2. The molecule has 1 saturated heterocycles. The summed E-state index contributed by atoms with van der Waals surface area (Å²) in [4.78, 5) is 28.5. The fraction of sp³-hybridized carbons (Fsp3) is 0.391. The molecule has 0 aliphatic carbocycles. The van der Waals surface area contributed by atoms with E-state index in [1.807, 2.05) is 12.1 Å². The first kappa shape index (κ1) is 19.6. The summed E-state index contributed by atoms with van der Waals surface area (Å²) in [5.74, 6) is 0.579. The van der Waals surface area contributed by atoms with Crippen molar-refractivity contribution in [3.63, 3.8) is 0 Å². The van der Waals surface area contributed by atoms with E-state index in [-0.39, 0.29) is 23.2 Å². The van der Waals surface area contributed by atoms with Crippen molar-refractivity contribution in [1.82, 2.24) is 15.1 Å².